The Morgan fingerprint density at radius 3 is 2.85 bits per heavy atom. The van der Waals surface area contributed by atoms with Crippen LogP contribution in [0.5, 0.6) is 0 Å². The summed E-state index contributed by atoms with van der Waals surface area (Å²) in [6.45, 7) is 2.91. The average molecular weight is 289 g/mol. The summed E-state index contributed by atoms with van der Waals surface area (Å²) in [4.78, 5) is 16.6. The molecule has 1 aliphatic carbocycles. The van der Waals surface area contributed by atoms with Gasteiger partial charge in [0, 0.05) is 11.9 Å². The molecule has 4 heteroatoms. The van der Waals surface area contributed by atoms with E-state index in [0.717, 1.165) is 10.9 Å². The lowest BCUT2D eigenvalue weighted by molar-refractivity contribution is 0.0886. The highest BCUT2D eigenvalue weighted by Crippen LogP contribution is 2.39. The van der Waals surface area contributed by atoms with E-state index < -0.39 is 0 Å². The Morgan fingerprint density at radius 2 is 2.15 bits per heavy atom. The van der Waals surface area contributed by atoms with Crippen molar-refractivity contribution in [3.63, 3.8) is 0 Å². The number of nitrogens with one attached hydrogen (secondary N) is 1. The molecule has 3 nitrogen and oxygen atoms in total. The maximum atomic E-state index is 12.2. The first-order valence-electron chi connectivity index (χ1n) is 6.91. The molecule has 0 spiro atoms. The second kappa shape index (κ2) is 5.06. The smallest absolute Gasteiger partial charge is 0.269 e. The number of pyridine rings is 1. The van der Waals surface area contributed by atoms with Gasteiger partial charge in [0.25, 0.3) is 5.91 Å². The molecule has 104 valence electrons. The Kier molecular flexibility index (Phi) is 3.38. The molecule has 0 radical (unpaired) electrons. The lowest BCUT2D eigenvalue weighted by Gasteiger charge is -2.38. The monoisotopic (exact) mass is 288 g/mol. The van der Waals surface area contributed by atoms with Crippen LogP contribution in [0.2, 0.25) is 5.02 Å². The number of hydrogen-bond acceptors (Lipinski definition) is 2. The van der Waals surface area contributed by atoms with E-state index in [9.17, 15) is 4.79 Å². The summed E-state index contributed by atoms with van der Waals surface area (Å²) < 4.78 is 0. The third kappa shape index (κ3) is 2.50. The van der Waals surface area contributed by atoms with E-state index in [1.54, 1.807) is 6.07 Å². The molecular weight excluding hydrogens is 272 g/mol. The number of carbonyl (C=O) groups is 1. The SMILES string of the molecule is CC1(CNC(=O)c2cc(Cl)c3ccccc3n2)CCC1. The number of nitrogens with zero attached hydrogens (tertiary/aromatic N) is 1. The molecule has 0 bridgehead atoms. The zero-order valence-corrected chi connectivity index (χ0v) is 12.2. The molecular formula is C16H17ClN2O. The van der Waals surface area contributed by atoms with Gasteiger partial charge in [-0.2, -0.15) is 0 Å². The van der Waals surface area contributed by atoms with Crippen LogP contribution in [0.3, 0.4) is 0 Å². The third-order valence-corrected chi connectivity index (χ3v) is 4.45. The van der Waals surface area contributed by atoms with Gasteiger partial charge >= 0.3 is 0 Å². The predicted octanol–water partition coefficient (Wildman–Crippen LogP) is 3.81. The Bertz CT molecular complexity index is 665. The van der Waals surface area contributed by atoms with E-state index in [1.165, 1.54) is 19.3 Å². The second-order valence-corrected chi connectivity index (χ2v) is 6.26. The predicted molar refractivity (Wildman–Crippen MR) is 81.0 cm³/mol. The molecule has 3 rings (SSSR count). The lowest BCUT2D eigenvalue weighted by atomic mass is 9.70. The van der Waals surface area contributed by atoms with Crippen LogP contribution in [-0.2, 0) is 0 Å². The van der Waals surface area contributed by atoms with Crippen LogP contribution in [0.25, 0.3) is 10.9 Å². The number of carbonyl (C=O) groups excluding carboxylic acids is 1. The molecule has 1 N–H and O–H groups in total. The van der Waals surface area contributed by atoms with Gasteiger partial charge in [-0.25, -0.2) is 4.98 Å². The van der Waals surface area contributed by atoms with Gasteiger partial charge in [-0.3, -0.25) is 4.79 Å². The van der Waals surface area contributed by atoms with Crippen molar-refractivity contribution in [1.82, 2.24) is 10.3 Å². The average Bonchev–Trinajstić information content (AvgIpc) is 2.42. The summed E-state index contributed by atoms with van der Waals surface area (Å²) >= 11 is 6.21. The first-order valence-corrected chi connectivity index (χ1v) is 7.29. The van der Waals surface area contributed by atoms with Crippen molar-refractivity contribution in [2.75, 3.05) is 6.54 Å². The molecule has 0 saturated heterocycles. The third-order valence-electron chi connectivity index (χ3n) is 4.13. The lowest BCUT2D eigenvalue weighted by Crippen LogP contribution is -2.40. The number of hydrogen-bond donors (Lipinski definition) is 1. The number of amides is 1. The summed E-state index contributed by atoms with van der Waals surface area (Å²) in [5, 5.41) is 4.41. The Labute approximate surface area is 123 Å². The van der Waals surface area contributed by atoms with Gasteiger partial charge in [0.05, 0.1) is 10.5 Å². The standard InChI is InChI=1S/C16H17ClN2O/c1-16(7-4-8-16)10-18-15(20)14-9-12(17)11-5-2-3-6-13(11)19-14/h2-3,5-6,9H,4,7-8,10H2,1H3,(H,18,20). The van der Waals surface area contributed by atoms with Gasteiger partial charge in [0.1, 0.15) is 5.69 Å². The molecule has 20 heavy (non-hydrogen) atoms. The van der Waals surface area contributed by atoms with E-state index in [0.29, 0.717) is 17.3 Å². The minimum atomic E-state index is -0.147. The van der Waals surface area contributed by atoms with Crippen LogP contribution >= 0.6 is 11.6 Å². The fraction of sp³-hybridized carbons (Fsp3) is 0.375. The summed E-state index contributed by atoms with van der Waals surface area (Å²) in [5.41, 5.74) is 1.40. The van der Waals surface area contributed by atoms with Crippen molar-refractivity contribution in [3.8, 4) is 0 Å². The Morgan fingerprint density at radius 1 is 1.40 bits per heavy atom. The molecule has 1 aromatic heterocycles. The summed E-state index contributed by atoms with van der Waals surface area (Å²) in [6, 6.07) is 9.21. The number of aromatic nitrogens is 1. The Balaban J connectivity index is 1.80. The molecule has 1 heterocycles. The normalized spacial score (nSPS) is 16.7. The van der Waals surface area contributed by atoms with Crippen LogP contribution in [-0.4, -0.2) is 17.4 Å². The number of halogens is 1. The van der Waals surface area contributed by atoms with E-state index >= 15 is 0 Å². The van der Waals surface area contributed by atoms with Crippen molar-refractivity contribution < 1.29 is 4.79 Å². The van der Waals surface area contributed by atoms with Crippen LogP contribution in [0.1, 0.15) is 36.7 Å². The second-order valence-electron chi connectivity index (χ2n) is 5.85. The zero-order valence-electron chi connectivity index (χ0n) is 11.4. The van der Waals surface area contributed by atoms with Crippen molar-refractivity contribution in [2.24, 2.45) is 5.41 Å². The molecule has 0 unspecified atom stereocenters. The maximum absolute atomic E-state index is 12.2. The molecule has 0 aliphatic heterocycles. The van der Waals surface area contributed by atoms with E-state index in [1.807, 2.05) is 24.3 Å². The topological polar surface area (TPSA) is 42.0 Å². The first-order chi connectivity index (χ1) is 9.57. The van der Waals surface area contributed by atoms with Gasteiger partial charge in [-0.15, -0.1) is 0 Å². The molecule has 1 fully saturated rings. The molecule has 1 saturated carbocycles. The minimum absolute atomic E-state index is 0.147. The van der Waals surface area contributed by atoms with Gasteiger partial charge in [0.2, 0.25) is 0 Å². The van der Waals surface area contributed by atoms with Crippen molar-refractivity contribution in [3.05, 3.63) is 41.0 Å². The highest BCUT2D eigenvalue weighted by atomic mass is 35.5. The number of rotatable bonds is 3. The molecule has 0 atom stereocenters. The summed E-state index contributed by atoms with van der Waals surface area (Å²) in [7, 11) is 0. The van der Waals surface area contributed by atoms with Crippen molar-refractivity contribution in [1.29, 1.82) is 0 Å². The van der Waals surface area contributed by atoms with E-state index in [4.69, 9.17) is 11.6 Å². The maximum Gasteiger partial charge on any atom is 0.269 e. The zero-order chi connectivity index (χ0) is 14.2. The molecule has 1 aliphatic rings. The summed E-state index contributed by atoms with van der Waals surface area (Å²) in [6.07, 6.45) is 3.62. The van der Waals surface area contributed by atoms with Crippen LogP contribution in [0.15, 0.2) is 30.3 Å². The highest BCUT2D eigenvalue weighted by Gasteiger charge is 2.32. The molecule has 2 aromatic rings. The fourth-order valence-corrected chi connectivity index (χ4v) is 2.85. The minimum Gasteiger partial charge on any atom is -0.350 e. The van der Waals surface area contributed by atoms with Gasteiger partial charge in [-0.1, -0.05) is 43.1 Å². The quantitative estimate of drug-likeness (QED) is 0.933. The fourth-order valence-electron chi connectivity index (χ4n) is 2.59. The van der Waals surface area contributed by atoms with Crippen LogP contribution in [0, 0.1) is 5.41 Å². The number of benzene rings is 1. The van der Waals surface area contributed by atoms with E-state index in [2.05, 4.69) is 17.2 Å². The van der Waals surface area contributed by atoms with Gasteiger partial charge in [-0.05, 0) is 30.4 Å². The Hall–Kier alpha value is -1.61. The number of para-hydroxylation sites is 1. The van der Waals surface area contributed by atoms with Crippen LogP contribution in [0.4, 0.5) is 0 Å². The first kappa shape index (κ1) is 13.4. The number of fused-ring (bicyclic) bond motifs is 1. The molecule has 1 aromatic carbocycles. The van der Waals surface area contributed by atoms with Crippen molar-refractivity contribution in [2.45, 2.75) is 26.2 Å². The van der Waals surface area contributed by atoms with E-state index in [-0.39, 0.29) is 11.3 Å². The van der Waals surface area contributed by atoms with Crippen molar-refractivity contribution >= 4 is 28.4 Å². The van der Waals surface area contributed by atoms with Gasteiger partial charge < -0.3 is 5.32 Å². The van der Waals surface area contributed by atoms with Crippen LogP contribution < -0.4 is 5.32 Å². The summed E-state index contributed by atoms with van der Waals surface area (Å²) in [5.74, 6) is -0.147. The largest absolute Gasteiger partial charge is 0.350 e. The highest BCUT2D eigenvalue weighted by molar-refractivity contribution is 6.35. The van der Waals surface area contributed by atoms with Gasteiger partial charge in [0.15, 0.2) is 0 Å². The molecule has 1 amide bonds.